The molecule has 0 radical (unpaired) electrons. The first kappa shape index (κ1) is 85.6. The smallest absolute Gasteiger partial charge is 0.302 e. The van der Waals surface area contributed by atoms with Crippen molar-refractivity contribution in [1.82, 2.24) is 0 Å². The fourth-order valence-electron chi connectivity index (χ4n) is 2.98. The molecule has 0 amide bonds. The number of nitrogens with zero attached hydrogens (tertiary/aromatic N) is 1. The number of carbonyl (C=O) groups excluding carboxylic acids is 4. The minimum Gasteiger partial charge on any atom is -1.00 e. The summed E-state index contributed by atoms with van der Waals surface area (Å²) in [4.78, 5) is 40.4. The number of quaternary nitrogens is 1. The molecule has 0 aliphatic heterocycles. The van der Waals surface area contributed by atoms with E-state index in [1.807, 2.05) is 146 Å². The Morgan fingerprint density at radius 1 is 0.303 bits per heavy atom. The van der Waals surface area contributed by atoms with E-state index in [4.69, 9.17) is 0 Å². The molecule has 0 heterocycles. The van der Waals surface area contributed by atoms with Crippen LogP contribution in [0.25, 0.3) is 0 Å². The molecule has 0 aromatic heterocycles. The number of benzene rings is 4. The van der Waals surface area contributed by atoms with Crippen LogP contribution in [0.15, 0.2) is 146 Å². The van der Waals surface area contributed by atoms with Crippen molar-refractivity contribution in [3.05, 3.63) is 146 Å². The summed E-state index contributed by atoms with van der Waals surface area (Å²) in [6, 6.07) is 48.0. The van der Waals surface area contributed by atoms with E-state index in [1.54, 1.807) is 0 Å². The molecule has 14 heteroatoms. The number of unbranched alkanes of at least 4 members (excludes halogenated alkanes) is 4. The zero-order valence-electron chi connectivity index (χ0n) is 40.4. The van der Waals surface area contributed by atoms with Crippen molar-refractivity contribution >= 4 is 67.7 Å². The van der Waals surface area contributed by atoms with E-state index in [9.17, 15) is 19.2 Å². The number of halogens is 1. The van der Waals surface area contributed by atoms with Crippen molar-refractivity contribution in [2.45, 2.75) is 107 Å². The summed E-state index contributed by atoms with van der Waals surface area (Å²) in [6.07, 6.45) is 8.19. The number of rotatable bonds is 12. The van der Waals surface area contributed by atoms with Crippen molar-refractivity contribution in [2.24, 2.45) is 0 Å². The van der Waals surface area contributed by atoms with Gasteiger partial charge in [0.05, 0.1) is 54.6 Å². The van der Waals surface area contributed by atoms with Gasteiger partial charge in [0.1, 0.15) is 0 Å². The Bertz CT molecular complexity index is 1100. The second-order valence-electron chi connectivity index (χ2n) is 14.1. The maximum absolute atomic E-state index is 10.1. The molecule has 0 aliphatic rings. The molecule has 9 nitrogen and oxygen atoms in total. The van der Waals surface area contributed by atoms with Crippen LogP contribution in [-0.2, 0) is 38.1 Å². The molecular weight excluding hydrogens is 1010 g/mol. The lowest BCUT2D eigenvalue weighted by Gasteiger charge is -2.14. The van der Waals surface area contributed by atoms with Gasteiger partial charge in [0.15, 0.2) is 0 Å². The predicted octanol–water partition coefficient (Wildman–Crippen LogP) is 3.66. The molecular formula is C52H100INO8Si4. The lowest BCUT2D eigenvalue weighted by Crippen LogP contribution is -3.00. The maximum Gasteiger partial charge on any atom is 0.302 e. The van der Waals surface area contributed by atoms with E-state index in [0.29, 0.717) is 26.4 Å². The molecule has 0 N–H and O–H groups in total. The van der Waals surface area contributed by atoms with Gasteiger partial charge in [-0.3, -0.25) is 19.2 Å². The molecule has 66 heavy (non-hydrogen) atoms. The second kappa shape index (κ2) is 75.6. The van der Waals surface area contributed by atoms with E-state index < -0.39 is 0 Å². The van der Waals surface area contributed by atoms with Crippen molar-refractivity contribution in [3.8, 4) is 0 Å². The Labute approximate surface area is 438 Å². The number of ether oxygens (including phenoxy) is 4. The number of hydrogen-bond acceptors (Lipinski definition) is 8. The molecule has 0 bridgehead atoms. The summed E-state index contributed by atoms with van der Waals surface area (Å²) >= 11 is 0. The van der Waals surface area contributed by atoms with Crippen molar-refractivity contribution in [1.29, 1.82) is 0 Å². The first-order valence-corrected chi connectivity index (χ1v) is 21.4. The topological polar surface area (TPSA) is 105 Å². The Balaban J connectivity index is -0.0000000664. The summed E-state index contributed by atoms with van der Waals surface area (Å²) in [7, 11) is 8.50. The number of carbonyl (C=O) groups is 4. The fraction of sp³-hybridized carbons (Fsp3) is 0.462. The number of hydrogen-bond donors (Lipinski definition) is 0. The fourth-order valence-corrected chi connectivity index (χ4v) is 2.98. The minimum absolute atomic E-state index is 0. The van der Waals surface area contributed by atoms with E-state index in [-0.39, 0.29) is 91.7 Å². The van der Waals surface area contributed by atoms with Crippen molar-refractivity contribution < 1.29 is 66.6 Å². The van der Waals surface area contributed by atoms with Crippen LogP contribution >= 0.6 is 0 Å². The minimum atomic E-state index is -0.182. The average Bonchev–Trinajstić information content (AvgIpc) is 3.24. The SMILES string of the molecule is CCCCOC(C)=O.CCCCOC(C)=O.CCCCOC(C)=O.CCCCOC(C)=O.C[N+](C)(C)C.[I-].[SiH4].[SiH4].[SiH4].[SiH4].c1ccccc1.c1ccccc1.c1ccccc1.c1ccccc1. The third-order valence-corrected chi connectivity index (χ3v) is 5.88. The molecule has 0 fully saturated rings. The Morgan fingerprint density at radius 2 is 0.394 bits per heavy atom. The molecule has 384 valence electrons. The van der Waals surface area contributed by atoms with Crippen LogP contribution in [0.4, 0.5) is 0 Å². The van der Waals surface area contributed by atoms with Crippen LogP contribution in [0.3, 0.4) is 0 Å². The van der Waals surface area contributed by atoms with Crippen LogP contribution in [0.5, 0.6) is 0 Å². The third-order valence-electron chi connectivity index (χ3n) is 5.88. The van der Waals surface area contributed by atoms with Crippen LogP contribution in [0.2, 0.25) is 0 Å². The summed E-state index contributed by atoms with van der Waals surface area (Å²) in [6.45, 7) is 16.2. The highest BCUT2D eigenvalue weighted by Crippen LogP contribution is 1.89. The lowest BCUT2D eigenvalue weighted by molar-refractivity contribution is -0.849. The molecule has 0 saturated heterocycles. The largest absolute Gasteiger partial charge is 1.00 e. The van der Waals surface area contributed by atoms with E-state index in [1.165, 1.54) is 27.7 Å². The number of esters is 4. The Kier molecular flexibility index (Phi) is 98.1. The first-order chi connectivity index (χ1) is 29.1. The van der Waals surface area contributed by atoms with Gasteiger partial charge in [0.25, 0.3) is 0 Å². The molecule has 0 atom stereocenters. The Morgan fingerprint density at radius 3 is 0.455 bits per heavy atom. The zero-order valence-corrected chi connectivity index (χ0v) is 42.6. The highest BCUT2D eigenvalue weighted by molar-refractivity contribution is 5.76. The molecule has 0 saturated carbocycles. The normalized spacial score (nSPS) is 8.06. The molecule has 4 aromatic carbocycles. The van der Waals surface area contributed by atoms with Gasteiger partial charge in [0, 0.05) is 27.7 Å². The van der Waals surface area contributed by atoms with Gasteiger partial charge in [-0.15, -0.1) is 0 Å². The van der Waals surface area contributed by atoms with Gasteiger partial charge in [-0.1, -0.05) is 199 Å². The summed E-state index contributed by atoms with van der Waals surface area (Å²) < 4.78 is 19.6. The van der Waals surface area contributed by atoms with Gasteiger partial charge >= 0.3 is 23.9 Å². The monoisotopic (exact) mass is 1110 g/mol. The van der Waals surface area contributed by atoms with E-state index >= 15 is 0 Å². The predicted molar refractivity (Wildman–Crippen MR) is 301 cm³/mol. The van der Waals surface area contributed by atoms with Gasteiger partial charge in [-0.05, 0) is 69.5 Å². The van der Waals surface area contributed by atoms with Crippen LogP contribution in [-0.4, -0.2) is 127 Å². The highest BCUT2D eigenvalue weighted by Gasteiger charge is 1.90. The van der Waals surface area contributed by atoms with E-state index in [0.717, 1.165) is 55.8 Å². The summed E-state index contributed by atoms with van der Waals surface area (Å²) in [5, 5.41) is 0. The first-order valence-electron chi connectivity index (χ1n) is 21.4. The highest BCUT2D eigenvalue weighted by atomic mass is 127. The lowest BCUT2D eigenvalue weighted by atomic mass is 10.4. The maximum atomic E-state index is 10.1. The van der Waals surface area contributed by atoms with Gasteiger partial charge in [-0.25, -0.2) is 0 Å². The zero-order chi connectivity index (χ0) is 47.1. The molecule has 0 aliphatic carbocycles. The second-order valence-corrected chi connectivity index (χ2v) is 14.1. The van der Waals surface area contributed by atoms with Crippen molar-refractivity contribution in [2.75, 3.05) is 54.6 Å². The molecule has 0 spiro atoms. The molecule has 4 rings (SSSR count). The van der Waals surface area contributed by atoms with Crippen LogP contribution < -0.4 is 24.0 Å². The quantitative estimate of drug-likeness (QED) is 0.0530. The van der Waals surface area contributed by atoms with Gasteiger partial charge in [-0.2, -0.15) is 0 Å². The molecule has 4 aromatic rings. The van der Waals surface area contributed by atoms with Gasteiger partial charge in [0.2, 0.25) is 0 Å². The summed E-state index contributed by atoms with van der Waals surface area (Å²) in [5.41, 5.74) is 0. The van der Waals surface area contributed by atoms with Crippen molar-refractivity contribution in [3.63, 3.8) is 0 Å². The van der Waals surface area contributed by atoms with E-state index in [2.05, 4.69) is 74.8 Å². The molecule has 0 unspecified atom stereocenters. The van der Waals surface area contributed by atoms with Crippen LogP contribution in [0, 0.1) is 0 Å². The van der Waals surface area contributed by atoms with Gasteiger partial charge < -0.3 is 47.4 Å². The summed E-state index contributed by atoms with van der Waals surface area (Å²) in [5.74, 6) is -0.728. The Hall–Kier alpha value is -3.68. The third kappa shape index (κ3) is 131. The average molecular weight is 1110 g/mol. The standard InChI is InChI=1S/4C6H12O2.4C6H6.C4H12N.HI.4H4Si/c4*1-3-4-5-8-6(2)7;4*1-2-4-6-5-3-1;1-5(2,3)4;;;;;/h4*3-5H2,1-2H3;4*1-6H;1-4H3;1H;4*1H4/q;;;;;;;;+1;;;;;/p-1. The van der Waals surface area contributed by atoms with Crippen LogP contribution in [0.1, 0.15) is 107 Å².